The summed E-state index contributed by atoms with van der Waals surface area (Å²) in [6, 6.07) is 10.5. The lowest BCUT2D eigenvalue weighted by Crippen LogP contribution is -2.40. The number of benzene rings is 1. The van der Waals surface area contributed by atoms with Gasteiger partial charge in [-0.05, 0) is 49.5 Å². The maximum atomic E-state index is 11.6. The number of hydrogen-bond acceptors (Lipinski definition) is 1. The zero-order valence-electron chi connectivity index (χ0n) is 12.1. The summed E-state index contributed by atoms with van der Waals surface area (Å²) in [5.41, 5.74) is 0.643. The monoisotopic (exact) mass is 260 g/mol. The molecule has 1 saturated carbocycles. The molecule has 0 unspecified atom stereocenters. The van der Waals surface area contributed by atoms with Gasteiger partial charge in [0, 0.05) is 0 Å². The standard InChI is InChI=1S/C17H24O2/c1-16(2)14(11-12-17(16,3)15(18)19)10-9-13-7-5-4-6-8-13/h4-8,14H,9-12H2,1-3H3,(H,18,19)/t14-,17-/m0/s1. The van der Waals surface area contributed by atoms with E-state index in [2.05, 4.69) is 38.1 Å². The number of carbonyl (C=O) groups is 1. The van der Waals surface area contributed by atoms with Crippen molar-refractivity contribution in [3.63, 3.8) is 0 Å². The normalized spacial score (nSPS) is 29.3. The predicted octanol–water partition coefficient (Wildman–Crippen LogP) is 4.15. The number of rotatable bonds is 4. The van der Waals surface area contributed by atoms with E-state index in [1.807, 2.05) is 13.0 Å². The van der Waals surface area contributed by atoms with Crippen LogP contribution in [-0.2, 0) is 11.2 Å². The van der Waals surface area contributed by atoms with Gasteiger partial charge < -0.3 is 5.11 Å². The van der Waals surface area contributed by atoms with Gasteiger partial charge >= 0.3 is 5.97 Å². The van der Waals surface area contributed by atoms with Crippen LogP contribution in [0.5, 0.6) is 0 Å². The molecule has 0 radical (unpaired) electrons. The summed E-state index contributed by atoms with van der Waals surface area (Å²) >= 11 is 0. The van der Waals surface area contributed by atoms with Crippen LogP contribution in [0.1, 0.15) is 45.6 Å². The lowest BCUT2D eigenvalue weighted by Gasteiger charge is -2.38. The average Bonchev–Trinajstić information content (AvgIpc) is 2.61. The van der Waals surface area contributed by atoms with Gasteiger partial charge in [-0.25, -0.2) is 0 Å². The zero-order chi connectivity index (χ0) is 14.1. The minimum atomic E-state index is -0.639. The van der Waals surface area contributed by atoms with Crippen molar-refractivity contribution in [2.45, 2.75) is 46.5 Å². The van der Waals surface area contributed by atoms with Crippen LogP contribution in [0.25, 0.3) is 0 Å². The third kappa shape index (κ3) is 2.41. The Hall–Kier alpha value is -1.31. The molecule has 0 aliphatic heterocycles. The third-order valence-electron chi connectivity index (χ3n) is 5.53. The first-order chi connectivity index (χ1) is 8.88. The Morgan fingerprint density at radius 2 is 1.89 bits per heavy atom. The molecule has 1 aliphatic rings. The number of hydrogen-bond donors (Lipinski definition) is 1. The van der Waals surface area contributed by atoms with Crippen LogP contribution in [0.3, 0.4) is 0 Å². The number of aliphatic carboxylic acids is 1. The molecule has 0 saturated heterocycles. The van der Waals surface area contributed by atoms with Gasteiger partial charge in [0.2, 0.25) is 0 Å². The van der Waals surface area contributed by atoms with Gasteiger partial charge in [-0.3, -0.25) is 4.79 Å². The van der Waals surface area contributed by atoms with Gasteiger partial charge in [-0.2, -0.15) is 0 Å². The van der Waals surface area contributed by atoms with Crippen molar-refractivity contribution in [1.82, 2.24) is 0 Å². The molecule has 1 fully saturated rings. The van der Waals surface area contributed by atoms with Gasteiger partial charge in [-0.15, -0.1) is 0 Å². The van der Waals surface area contributed by atoms with Gasteiger partial charge in [0.15, 0.2) is 0 Å². The molecule has 2 rings (SSSR count). The summed E-state index contributed by atoms with van der Waals surface area (Å²) in [6.07, 6.45) is 3.96. The smallest absolute Gasteiger partial charge is 0.309 e. The van der Waals surface area contributed by atoms with Crippen LogP contribution in [0.4, 0.5) is 0 Å². The van der Waals surface area contributed by atoms with Crippen LogP contribution in [0, 0.1) is 16.7 Å². The van der Waals surface area contributed by atoms with E-state index in [1.54, 1.807) is 0 Å². The molecule has 2 atom stereocenters. The topological polar surface area (TPSA) is 37.3 Å². The molecule has 2 heteroatoms. The fourth-order valence-corrected chi connectivity index (χ4v) is 3.47. The summed E-state index contributed by atoms with van der Waals surface area (Å²) in [4.78, 5) is 11.6. The highest BCUT2D eigenvalue weighted by molar-refractivity contribution is 5.75. The van der Waals surface area contributed by atoms with Gasteiger partial charge in [0.05, 0.1) is 5.41 Å². The molecule has 1 aromatic carbocycles. The number of carboxylic acids is 1. The second-order valence-electron chi connectivity index (χ2n) is 6.62. The second kappa shape index (κ2) is 4.99. The minimum absolute atomic E-state index is 0.131. The summed E-state index contributed by atoms with van der Waals surface area (Å²) in [6.45, 7) is 6.17. The molecular weight excluding hydrogens is 236 g/mol. The van der Waals surface area contributed by atoms with Crippen LogP contribution >= 0.6 is 0 Å². The average molecular weight is 260 g/mol. The van der Waals surface area contributed by atoms with Crippen molar-refractivity contribution >= 4 is 5.97 Å². The Morgan fingerprint density at radius 1 is 1.26 bits per heavy atom. The maximum absolute atomic E-state index is 11.6. The SMILES string of the molecule is CC1(C)[C@@H](CCc2ccccc2)CC[C@@]1(C)C(=O)O. The molecule has 0 spiro atoms. The summed E-state index contributed by atoms with van der Waals surface area (Å²) in [5, 5.41) is 9.51. The molecule has 1 aliphatic carbocycles. The first-order valence-electron chi connectivity index (χ1n) is 7.15. The van der Waals surface area contributed by atoms with E-state index in [1.165, 1.54) is 5.56 Å². The van der Waals surface area contributed by atoms with Crippen LogP contribution < -0.4 is 0 Å². The first kappa shape index (κ1) is 14.1. The van der Waals surface area contributed by atoms with Gasteiger partial charge in [-0.1, -0.05) is 44.2 Å². The van der Waals surface area contributed by atoms with Crippen LogP contribution in [0.2, 0.25) is 0 Å². The molecule has 104 valence electrons. The van der Waals surface area contributed by atoms with Gasteiger partial charge in [0.1, 0.15) is 0 Å². The maximum Gasteiger partial charge on any atom is 0.309 e. The number of aryl methyl sites for hydroxylation is 1. The molecule has 0 amide bonds. The predicted molar refractivity (Wildman–Crippen MR) is 77.0 cm³/mol. The van der Waals surface area contributed by atoms with E-state index in [4.69, 9.17) is 0 Å². The highest BCUT2D eigenvalue weighted by Gasteiger charge is 2.55. The van der Waals surface area contributed by atoms with Crippen molar-refractivity contribution in [2.75, 3.05) is 0 Å². The summed E-state index contributed by atoms with van der Waals surface area (Å²) < 4.78 is 0. The van der Waals surface area contributed by atoms with E-state index in [0.29, 0.717) is 5.92 Å². The van der Waals surface area contributed by atoms with E-state index in [9.17, 15) is 9.90 Å². The highest BCUT2D eigenvalue weighted by Crippen LogP contribution is 2.57. The Balaban J connectivity index is 2.05. The lowest BCUT2D eigenvalue weighted by atomic mass is 9.65. The summed E-state index contributed by atoms with van der Waals surface area (Å²) in [7, 11) is 0. The molecular formula is C17H24O2. The van der Waals surface area contributed by atoms with E-state index in [0.717, 1.165) is 25.7 Å². The molecule has 0 bridgehead atoms. The fraction of sp³-hybridized carbons (Fsp3) is 0.588. The van der Waals surface area contributed by atoms with E-state index < -0.39 is 11.4 Å². The summed E-state index contributed by atoms with van der Waals surface area (Å²) in [5.74, 6) is -0.145. The highest BCUT2D eigenvalue weighted by atomic mass is 16.4. The molecule has 0 aromatic heterocycles. The first-order valence-corrected chi connectivity index (χ1v) is 7.15. The zero-order valence-corrected chi connectivity index (χ0v) is 12.1. The molecule has 19 heavy (non-hydrogen) atoms. The second-order valence-corrected chi connectivity index (χ2v) is 6.62. The largest absolute Gasteiger partial charge is 0.481 e. The van der Waals surface area contributed by atoms with Crippen molar-refractivity contribution in [3.05, 3.63) is 35.9 Å². The Bertz CT molecular complexity index is 450. The van der Waals surface area contributed by atoms with E-state index >= 15 is 0 Å². The third-order valence-corrected chi connectivity index (χ3v) is 5.53. The van der Waals surface area contributed by atoms with Crippen LogP contribution in [0.15, 0.2) is 30.3 Å². The minimum Gasteiger partial charge on any atom is -0.481 e. The molecule has 0 heterocycles. The Labute approximate surface area is 115 Å². The lowest BCUT2D eigenvalue weighted by molar-refractivity contribution is -0.154. The van der Waals surface area contributed by atoms with Crippen LogP contribution in [-0.4, -0.2) is 11.1 Å². The van der Waals surface area contributed by atoms with Crippen molar-refractivity contribution < 1.29 is 9.90 Å². The van der Waals surface area contributed by atoms with Crippen molar-refractivity contribution in [3.8, 4) is 0 Å². The van der Waals surface area contributed by atoms with Crippen molar-refractivity contribution in [1.29, 1.82) is 0 Å². The van der Waals surface area contributed by atoms with Crippen molar-refractivity contribution in [2.24, 2.45) is 16.7 Å². The Kier molecular flexibility index (Phi) is 3.71. The molecule has 1 N–H and O–H groups in total. The van der Waals surface area contributed by atoms with Gasteiger partial charge in [0.25, 0.3) is 0 Å². The molecule has 2 nitrogen and oxygen atoms in total. The quantitative estimate of drug-likeness (QED) is 0.883. The number of carboxylic acid groups (broad SMARTS) is 1. The fourth-order valence-electron chi connectivity index (χ4n) is 3.47. The Morgan fingerprint density at radius 3 is 2.42 bits per heavy atom. The van der Waals surface area contributed by atoms with E-state index in [-0.39, 0.29) is 5.41 Å². The molecule has 1 aromatic rings.